The lowest BCUT2D eigenvalue weighted by molar-refractivity contribution is -0.145. The molecule has 2 aromatic rings. The highest BCUT2D eigenvalue weighted by Gasteiger charge is 2.38. The largest absolute Gasteiger partial charge is 0.480 e. The summed E-state index contributed by atoms with van der Waals surface area (Å²) in [6.45, 7) is 2.29. The number of aliphatic carboxylic acids is 1. The zero-order valence-electron chi connectivity index (χ0n) is 15.2. The van der Waals surface area contributed by atoms with Crippen molar-refractivity contribution in [2.24, 2.45) is 0 Å². The number of alkyl halides is 3. The van der Waals surface area contributed by atoms with E-state index in [-0.39, 0.29) is 5.02 Å². The van der Waals surface area contributed by atoms with Gasteiger partial charge >= 0.3 is 12.1 Å². The number of aryl methyl sites for hydroxylation is 1. The lowest BCUT2D eigenvalue weighted by Crippen LogP contribution is -2.47. The zero-order chi connectivity index (χ0) is 20.5. The van der Waals surface area contributed by atoms with Gasteiger partial charge in [0, 0.05) is 12.4 Å². The summed E-state index contributed by atoms with van der Waals surface area (Å²) >= 11 is 5.79. The molecular weight excluding hydrogens is 393 g/mol. The van der Waals surface area contributed by atoms with Crippen molar-refractivity contribution in [3.8, 4) is 0 Å². The van der Waals surface area contributed by atoms with Crippen LogP contribution in [0.25, 0.3) is 0 Å². The lowest BCUT2D eigenvalue weighted by Gasteiger charge is -2.40. The molecule has 0 spiro atoms. The van der Waals surface area contributed by atoms with Crippen LogP contribution in [-0.2, 0) is 11.0 Å². The highest BCUT2D eigenvalue weighted by molar-refractivity contribution is 6.31. The Bertz CT molecular complexity index is 873. The second-order valence-electron chi connectivity index (χ2n) is 6.96. The van der Waals surface area contributed by atoms with E-state index in [1.165, 1.54) is 12.1 Å². The van der Waals surface area contributed by atoms with Crippen LogP contribution in [0.5, 0.6) is 0 Å². The molecule has 2 heterocycles. The van der Waals surface area contributed by atoms with Crippen molar-refractivity contribution in [1.29, 1.82) is 0 Å². The first-order valence-corrected chi connectivity index (χ1v) is 9.33. The van der Waals surface area contributed by atoms with Crippen molar-refractivity contribution >= 4 is 17.6 Å². The Morgan fingerprint density at radius 1 is 1.32 bits per heavy atom. The minimum atomic E-state index is -4.60. The molecule has 3 rings (SSSR count). The molecule has 2 atom stereocenters. The third-order valence-corrected chi connectivity index (χ3v) is 5.46. The second kappa shape index (κ2) is 8.09. The third-order valence-electron chi connectivity index (χ3n) is 5.13. The predicted molar refractivity (Wildman–Crippen MR) is 99.3 cm³/mol. The van der Waals surface area contributed by atoms with Gasteiger partial charge in [-0.3, -0.25) is 14.7 Å². The third kappa shape index (κ3) is 4.15. The Morgan fingerprint density at radius 3 is 2.71 bits per heavy atom. The van der Waals surface area contributed by atoms with E-state index in [1.807, 2.05) is 6.92 Å². The van der Waals surface area contributed by atoms with Gasteiger partial charge in [0.25, 0.3) is 0 Å². The van der Waals surface area contributed by atoms with E-state index >= 15 is 0 Å². The van der Waals surface area contributed by atoms with Gasteiger partial charge in [-0.25, -0.2) is 0 Å². The van der Waals surface area contributed by atoms with Gasteiger partial charge in [-0.1, -0.05) is 24.1 Å². The molecule has 2 unspecified atom stereocenters. The minimum Gasteiger partial charge on any atom is -0.480 e. The maximum absolute atomic E-state index is 13.4. The number of carboxylic acid groups (broad SMARTS) is 1. The Morgan fingerprint density at radius 2 is 2.07 bits per heavy atom. The molecule has 1 aromatic carbocycles. The summed E-state index contributed by atoms with van der Waals surface area (Å²) in [6, 6.07) is 4.12. The number of rotatable bonds is 4. The number of aromatic nitrogens is 1. The van der Waals surface area contributed by atoms with E-state index in [9.17, 15) is 23.1 Å². The maximum Gasteiger partial charge on any atom is 0.417 e. The molecule has 0 aliphatic carbocycles. The van der Waals surface area contributed by atoms with E-state index in [0.717, 1.165) is 30.0 Å². The van der Waals surface area contributed by atoms with Gasteiger partial charge in [0.2, 0.25) is 0 Å². The molecule has 1 aliphatic heterocycles. The molecule has 8 heteroatoms. The van der Waals surface area contributed by atoms with Crippen LogP contribution in [0, 0.1) is 6.92 Å². The summed E-state index contributed by atoms with van der Waals surface area (Å²) < 4.78 is 40.3. The highest BCUT2D eigenvalue weighted by atomic mass is 35.5. The first kappa shape index (κ1) is 20.6. The smallest absolute Gasteiger partial charge is 0.417 e. The normalized spacial score (nSPS) is 19.4. The summed E-state index contributed by atoms with van der Waals surface area (Å²) in [5, 5.41) is 9.31. The van der Waals surface area contributed by atoms with Gasteiger partial charge in [-0.15, -0.1) is 0 Å². The minimum absolute atomic E-state index is 0.360. The van der Waals surface area contributed by atoms with E-state index in [4.69, 9.17) is 11.6 Å². The van der Waals surface area contributed by atoms with Crippen LogP contribution >= 0.6 is 11.6 Å². The van der Waals surface area contributed by atoms with Crippen LogP contribution in [0.1, 0.15) is 47.6 Å². The molecule has 4 nitrogen and oxygen atoms in total. The molecule has 0 bridgehead atoms. The molecule has 0 radical (unpaired) electrons. The Hall–Kier alpha value is -2.12. The molecule has 28 heavy (non-hydrogen) atoms. The highest BCUT2D eigenvalue weighted by Crippen LogP contribution is 2.40. The van der Waals surface area contributed by atoms with Crippen LogP contribution in [0.2, 0.25) is 5.02 Å². The number of likely N-dealkylation sites (tertiary alicyclic amines) is 1. The number of carboxylic acids is 1. The Balaban J connectivity index is 2.18. The van der Waals surface area contributed by atoms with E-state index < -0.39 is 29.8 Å². The van der Waals surface area contributed by atoms with Crippen LogP contribution in [-0.4, -0.2) is 33.5 Å². The molecule has 0 saturated carbocycles. The first-order chi connectivity index (χ1) is 13.2. The summed E-state index contributed by atoms with van der Waals surface area (Å²) in [4.78, 5) is 17.7. The molecular formula is C20H20ClF3N2O2. The number of benzene rings is 1. The van der Waals surface area contributed by atoms with Gasteiger partial charge in [0.05, 0.1) is 16.6 Å². The molecule has 1 saturated heterocycles. The number of halogens is 4. The molecule has 1 fully saturated rings. The Labute approximate surface area is 166 Å². The second-order valence-corrected chi connectivity index (χ2v) is 7.37. The number of nitrogens with zero attached hydrogens (tertiary/aromatic N) is 2. The van der Waals surface area contributed by atoms with E-state index in [1.54, 1.807) is 23.4 Å². The zero-order valence-corrected chi connectivity index (χ0v) is 16.0. The average molecular weight is 413 g/mol. The molecule has 1 N–H and O–H groups in total. The van der Waals surface area contributed by atoms with Crippen LogP contribution in [0.3, 0.4) is 0 Å². The van der Waals surface area contributed by atoms with Gasteiger partial charge in [-0.05, 0) is 61.2 Å². The summed E-state index contributed by atoms with van der Waals surface area (Å²) in [5.41, 5.74) is 0.954. The number of piperidine rings is 1. The van der Waals surface area contributed by atoms with Crippen molar-refractivity contribution in [2.45, 2.75) is 44.4 Å². The maximum atomic E-state index is 13.4. The lowest BCUT2D eigenvalue weighted by atomic mass is 9.89. The van der Waals surface area contributed by atoms with Crippen molar-refractivity contribution in [3.05, 3.63) is 63.9 Å². The van der Waals surface area contributed by atoms with Crippen molar-refractivity contribution in [1.82, 2.24) is 9.88 Å². The van der Waals surface area contributed by atoms with Crippen LogP contribution in [0.15, 0.2) is 36.7 Å². The van der Waals surface area contributed by atoms with Gasteiger partial charge in [0.15, 0.2) is 0 Å². The topological polar surface area (TPSA) is 53.4 Å². The van der Waals surface area contributed by atoms with Crippen molar-refractivity contribution in [3.63, 3.8) is 0 Å². The molecule has 1 aliphatic rings. The fourth-order valence-corrected chi connectivity index (χ4v) is 4.02. The number of carbonyl (C=O) groups is 1. The molecule has 150 valence electrons. The number of hydrogen-bond donors (Lipinski definition) is 1. The quantitative estimate of drug-likeness (QED) is 0.759. The van der Waals surface area contributed by atoms with E-state index in [0.29, 0.717) is 18.5 Å². The number of pyridine rings is 1. The summed E-state index contributed by atoms with van der Waals surface area (Å²) in [6.07, 6.45) is 0.598. The molecule has 0 amide bonds. The first-order valence-electron chi connectivity index (χ1n) is 8.96. The number of hydrogen-bond acceptors (Lipinski definition) is 3. The van der Waals surface area contributed by atoms with Crippen LogP contribution < -0.4 is 0 Å². The average Bonchev–Trinajstić information content (AvgIpc) is 2.64. The van der Waals surface area contributed by atoms with Gasteiger partial charge < -0.3 is 5.11 Å². The SMILES string of the molecule is Cc1cnccc1C(c1ccc(Cl)c(C(F)(F)F)c1)N1CCCCC1C(=O)O. The fourth-order valence-electron chi connectivity index (χ4n) is 3.80. The monoisotopic (exact) mass is 412 g/mol. The predicted octanol–water partition coefficient (Wildman–Crippen LogP) is 5.09. The van der Waals surface area contributed by atoms with E-state index in [2.05, 4.69) is 4.98 Å². The fraction of sp³-hybridized carbons (Fsp3) is 0.400. The van der Waals surface area contributed by atoms with Crippen molar-refractivity contribution in [2.75, 3.05) is 6.54 Å². The Kier molecular flexibility index (Phi) is 5.95. The van der Waals surface area contributed by atoms with Gasteiger partial charge in [0.1, 0.15) is 6.04 Å². The van der Waals surface area contributed by atoms with Crippen LogP contribution in [0.4, 0.5) is 13.2 Å². The standard InChI is InChI=1S/C20H20ClF3N2O2/c1-12-11-25-8-7-14(12)18(26-9-3-2-4-17(26)19(27)28)13-5-6-16(21)15(10-13)20(22,23)24/h5-8,10-11,17-18H,2-4,9H2,1H3,(H,27,28). The summed E-state index contributed by atoms with van der Waals surface area (Å²) in [7, 11) is 0. The molecule has 1 aromatic heterocycles. The van der Waals surface area contributed by atoms with Crippen molar-refractivity contribution < 1.29 is 23.1 Å². The van der Waals surface area contributed by atoms with Gasteiger partial charge in [-0.2, -0.15) is 13.2 Å². The summed E-state index contributed by atoms with van der Waals surface area (Å²) in [5.74, 6) is -0.971.